The number of hydrogen-bond acceptors (Lipinski definition) is 5. The first-order valence-corrected chi connectivity index (χ1v) is 13.7. The van der Waals surface area contributed by atoms with Gasteiger partial charge in [0.05, 0.1) is 5.75 Å². The zero-order chi connectivity index (χ0) is 25.4. The molecule has 0 saturated carbocycles. The van der Waals surface area contributed by atoms with Crippen LogP contribution in [0, 0.1) is 20.8 Å². The number of carbonyl (C=O) groups is 2. The second-order valence-corrected chi connectivity index (χ2v) is 11.9. The monoisotopic (exact) mass is 495 g/mol. The van der Waals surface area contributed by atoms with E-state index >= 15 is 0 Å². The van der Waals surface area contributed by atoms with Crippen LogP contribution in [0.5, 0.6) is 0 Å². The number of rotatable bonds is 7. The molecule has 0 radical (unpaired) electrons. The van der Waals surface area contributed by atoms with E-state index < -0.39 is 15.6 Å². The zero-order valence-corrected chi connectivity index (χ0v) is 21.7. The molecule has 2 heterocycles. The Kier molecular flexibility index (Phi) is 6.97. The van der Waals surface area contributed by atoms with Crippen molar-refractivity contribution in [3.8, 4) is 0 Å². The molecule has 0 bridgehead atoms. The highest BCUT2D eigenvalue weighted by Gasteiger charge is 2.47. The Labute approximate surface area is 207 Å². The van der Waals surface area contributed by atoms with Gasteiger partial charge in [-0.25, -0.2) is 12.7 Å². The van der Waals surface area contributed by atoms with Crippen molar-refractivity contribution in [1.82, 2.24) is 9.62 Å². The van der Waals surface area contributed by atoms with Crippen LogP contribution in [0.3, 0.4) is 0 Å². The van der Waals surface area contributed by atoms with E-state index in [2.05, 4.69) is 5.32 Å². The predicted octanol–water partition coefficient (Wildman–Crippen LogP) is 3.03. The summed E-state index contributed by atoms with van der Waals surface area (Å²) in [6.07, 6.45) is 1.53. The molecule has 2 aromatic carbocycles. The van der Waals surface area contributed by atoms with E-state index in [1.165, 1.54) is 4.31 Å². The maximum absolute atomic E-state index is 13.1. The predicted molar refractivity (Wildman–Crippen MR) is 137 cm³/mol. The van der Waals surface area contributed by atoms with Crippen LogP contribution in [-0.4, -0.2) is 54.6 Å². The number of aliphatic imine (C=N–C) groups is 1. The van der Waals surface area contributed by atoms with Crippen LogP contribution in [0.2, 0.25) is 0 Å². The number of carbonyl (C=O) groups excluding carboxylic acids is 2. The van der Waals surface area contributed by atoms with Crippen LogP contribution >= 0.6 is 0 Å². The Morgan fingerprint density at radius 3 is 2.46 bits per heavy atom. The summed E-state index contributed by atoms with van der Waals surface area (Å²) in [6, 6.07) is 11.7. The van der Waals surface area contributed by atoms with Crippen LogP contribution in [-0.2, 0) is 32.5 Å². The molecule has 1 saturated heterocycles. The highest BCUT2D eigenvalue weighted by atomic mass is 32.2. The standard InChI is InChI=1S/C27H33N3O4S/c1-18-6-5-7-24(21(18)4)25-28-26(32)27(29-25)11-13-30(14-12-27)35(33,34)15-10-23-9-8-22(16-19(23)2)17-20(3)31/h5-9,16H,10-15,17H2,1-4H3,(H,28,29,32). The molecule has 8 heteroatoms. The van der Waals surface area contributed by atoms with Gasteiger partial charge in [0.25, 0.3) is 5.91 Å². The minimum atomic E-state index is -3.47. The van der Waals surface area contributed by atoms with Crippen molar-refractivity contribution in [3.05, 3.63) is 69.8 Å². The number of Topliss-reactive ketones (excluding diaryl/α,β-unsaturated/α-hetero) is 1. The van der Waals surface area contributed by atoms with Gasteiger partial charge in [0.15, 0.2) is 0 Å². The molecule has 1 fully saturated rings. The highest BCUT2D eigenvalue weighted by Crippen LogP contribution is 2.33. The maximum Gasteiger partial charge on any atom is 0.253 e. The highest BCUT2D eigenvalue weighted by molar-refractivity contribution is 7.89. The fraction of sp³-hybridized carbons (Fsp3) is 0.444. The molecule has 4 rings (SSSR count). The third kappa shape index (κ3) is 5.23. The van der Waals surface area contributed by atoms with Crippen LogP contribution < -0.4 is 5.32 Å². The Morgan fingerprint density at radius 1 is 1.09 bits per heavy atom. The molecular formula is C27H33N3O4S. The van der Waals surface area contributed by atoms with Gasteiger partial charge in [-0.1, -0.05) is 36.4 Å². The lowest BCUT2D eigenvalue weighted by atomic mass is 9.89. The molecule has 2 aromatic rings. The number of nitrogens with zero attached hydrogens (tertiary/aromatic N) is 2. The third-order valence-corrected chi connectivity index (χ3v) is 9.14. The van der Waals surface area contributed by atoms with Crippen molar-refractivity contribution in [2.24, 2.45) is 4.99 Å². The molecule has 35 heavy (non-hydrogen) atoms. The van der Waals surface area contributed by atoms with Crippen molar-refractivity contribution >= 4 is 27.5 Å². The fourth-order valence-corrected chi connectivity index (χ4v) is 6.40. The number of piperidine rings is 1. The number of hydrogen-bond donors (Lipinski definition) is 1. The molecule has 0 aliphatic carbocycles. The normalized spacial score (nSPS) is 17.9. The van der Waals surface area contributed by atoms with Crippen molar-refractivity contribution in [1.29, 1.82) is 0 Å². The molecule has 7 nitrogen and oxygen atoms in total. The summed E-state index contributed by atoms with van der Waals surface area (Å²) in [7, 11) is -3.47. The van der Waals surface area contributed by atoms with Crippen molar-refractivity contribution in [3.63, 3.8) is 0 Å². The summed E-state index contributed by atoms with van der Waals surface area (Å²) in [5.41, 5.74) is 5.12. The van der Waals surface area contributed by atoms with Gasteiger partial charge in [-0.2, -0.15) is 0 Å². The smallest absolute Gasteiger partial charge is 0.253 e. The number of amides is 1. The lowest BCUT2D eigenvalue weighted by molar-refractivity contribution is -0.125. The summed E-state index contributed by atoms with van der Waals surface area (Å²) < 4.78 is 27.7. The van der Waals surface area contributed by atoms with Gasteiger partial charge < -0.3 is 5.32 Å². The molecule has 1 N–H and O–H groups in total. The van der Waals surface area contributed by atoms with E-state index in [0.29, 0.717) is 31.5 Å². The van der Waals surface area contributed by atoms with E-state index in [0.717, 1.165) is 33.4 Å². The van der Waals surface area contributed by atoms with Crippen molar-refractivity contribution in [2.75, 3.05) is 18.8 Å². The minimum absolute atomic E-state index is 0.0100. The van der Waals surface area contributed by atoms with Crippen molar-refractivity contribution in [2.45, 2.75) is 58.9 Å². The van der Waals surface area contributed by atoms with Crippen LogP contribution in [0.15, 0.2) is 41.4 Å². The number of benzene rings is 2. The number of ketones is 1. The SMILES string of the molecule is CC(=O)Cc1ccc(CCS(=O)(=O)N2CCC3(CC2)N=C(c2cccc(C)c2C)NC3=O)c(C)c1. The molecular weight excluding hydrogens is 462 g/mol. The van der Waals surface area contributed by atoms with Gasteiger partial charge in [0.1, 0.15) is 17.2 Å². The molecule has 1 amide bonds. The Bertz CT molecular complexity index is 1310. The Morgan fingerprint density at radius 2 is 1.80 bits per heavy atom. The number of nitrogens with one attached hydrogen (secondary N) is 1. The lowest BCUT2D eigenvalue weighted by Gasteiger charge is -2.34. The molecule has 0 aromatic heterocycles. The van der Waals surface area contributed by atoms with E-state index in [-0.39, 0.29) is 30.5 Å². The van der Waals surface area contributed by atoms with Crippen LogP contribution in [0.4, 0.5) is 0 Å². The topological polar surface area (TPSA) is 95.9 Å². The average Bonchev–Trinajstić information content (AvgIpc) is 3.10. The van der Waals surface area contributed by atoms with Gasteiger partial charge >= 0.3 is 0 Å². The first-order chi connectivity index (χ1) is 16.5. The Hall–Kier alpha value is -2.84. The zero-order valence-electron chi connectivity index (χ0n) is 20.8. The van der Waals surface area contributed by atoms with Gasteiger partial charge in [0, 0.05) is 25.1 Å². The minimum Gasteiger partial charge on any atom is -0.308 e. The van der Waals surface area contributed by atoms with Gasteiger partial charge in [0.2, 0.25) is 10.0 Å². The van der Waals surface area contributed by atoms with Crippen molar-refractivity contribution < 1.29 is 18.0 Å². The number of aryl methyl sites for hydroxylation is 3. The summed E-state index contributed by atoms with van der Waals surface area (Å²) in [6.45, 7) is 8.09. The van der Waals surface area contributed by atoms with E-state index in [4.69, 9.17) is 4.99 Å². The number of amidine groups is 1. The molecule has 1 spiro atoms. The van der Waals surface area contributed by atoms with Gasteiger partial charge in [-0.15, -0.1) is 0 Å². The van der Waals surface area contributed by atoms with Crippen LogP contribution in [0.25, 0.3) is 0 Å². The second kappa shape index (κ2) is 9.66. The molecule has 0 atom stereocenters. The van der Waals surface area contributed by atoms with Gasteiger partial charge in [-0.3, -0.25) is 14.6 Å². The van der Waals surface area contributed by atoms with E-state index in [1.54, 1.807) is 6.92 Å². The molecule has 186 valence electrons. The molecule has 2 aliphatic rings. The Balaban J connectivity index is 1.41. The lowest BCUT2D eigenvalue weighted by Crippen LogP contribution is -2.50. The maximum atomic E-state index is 13.1. The summed E-state index contributed by atoms with van der Waals surface area (Å²) >= 11 is 0. The summed E-state index contributed by atoms with van der Waals surface area (Å²) in [4.78, 5) is 29.1. The number of sulfonamides is 1. The largest absolute Gasteiger partial charge is 0.308 e. The van der Waals surface area contributed by atoms with Gasteiger partial charge in [-0.05, 0) is 74.8 Å². The second-order valence-electron chi connectivity index (χ2n) is 9.80. The van der Waals surface area contributed by atoms with E-state index in [1.807, 2.05) is 57.2 Å². The first-order valence-electron chi connectivity index (χ1n) is 12.0. The van der Waals surface area contributed by atoms with Crippen LogP contribution in [0.1, 0.15) is 53.1 Å². The summed E-state index contributed by atoms with van der Waals surface area (Å²) in [5.74, 6) is 0.544. The molecule has 2 aliphatic heterocycles. The third-order valence-electron chi connectivity index (χ3n) is 7.27. The average molecular weight is 496 g/mol. The fourth-order valence-electron chi connectivity index (χ4n) is 4.93. The first kappa shape index (κ1) is 25.3. The summed E-state index contributed by atoms with van der Waals surface area (Å²) in [5, 5.41) is 2.94. The van der Waals surface area contributed by atoms with E-state index in [9.17, 15) is 18.0 Å². The quantitative estimate of drug-likeness (QED) is 0.639. The molecule has 0 unspecified atom stereocenters.